The smallest absolute Gasteiger partial charge is 0.241 e. The first kappa shape index (κ1) is 13.0. The Balaban J connectivity index is 2.01. The first-order valence-electron chi connectivity index (χ1n) is 6.08. The van der Waals surface area contributed by atoms with Gasteiger partial charge in [-0.3, -0.25) is 9.69 Å². The Labute approximate surface area is 105 Å². The van der Waals surface area contributed by atoms with Crippen LogP contribution in [0.5, 0.6) is 0 Å². The molecule has 98 valence electrons. The summed E-state index contributed by atoms with van der Waals surface area (Å²) in [7, 11) is 0. The zero-order valence-corrected chi connectivity index (χ0v) is 10.2. The van der Waals surface area contributed by atoms with Crippen molar-refractivity contribution in [1.82, 2.24) is 4.90 Å². The molecule has 1 heterocycles. The highest BCUT2D eigenvalue weighted by molar-refractivity contribution is 5.94. The van der Waals surface area contributed by atoms with Crippen LogP contribution in [0, 0.1) is 11.6 Å². The minimum Gasteiger partial charge on any atom is -0.322 e. The van der Waals surface area contributed by atoms with Gasteiger partial charge in [-0.05, 0) is 45.0 Å². The molecule has 2 rings (SSSR count). The van der Waals surface area contributed by atoms with Crippen molar-refractivity contribution >= 4 is 11.6 Å². The maximum atomic E-state index is 13.4. The summed E-state index contributed by atoms with van der Waals surface area (Å²) in [6, 6.07) is 2.83. The Hall–Kier alpha value is -1.49. The predicted molar refractivity (Wildman–Crippen MR) is 65.3 cm³/mol. The Morgan fingerprint density at radius 3 is 2.61 bits per heavy atom. The lowest BCUT2D eigenvalue weighted by Crippen LogP contribution is -2.40. The van der Waals surface area contributed by atoms with Crippen LogP contribution in [-0.2, 0) is 4.79 Å². The molecule has 1 aromatic rings. The van der Waals surface area contributed by atoms with Gasteiger partial charge in [0.1, 0.15) is 11.6 Å². The molecular formula is C13H16F2N2O. The van der Waals surface area contributed by atoms with Gasteiger partial charge >= 0.3 is 0 Å². The average Bonchev–Trinajstić information content (AvgIpc) is 2.85. The van der Waals surface area contributed by atoms with Crippen LogP contribution in [0.25, 0.3) is 0 Å². The third-order valence-corrected chi connectivity index (χ3v) is 3.26. The van der Waals surface area contributed by atoms with Crippen LogP contribution in [0.2, 0.25) is 0 Å². The van der Waals surface area contributed by atoms with E-state index in [1.165, 1.54) is 6.07 Å². The molecule has 0 spiro atoms. The number of nitrogens with one attached hydrogen (secondary N) is 1. The lowest BCUT2D eigenvalue weighted by molar-refractivity contribution is -0.120. The second kappa shape index (κ2) is 5.44. The highest BCUT2D eigenvalue weighted by atomic mass is 19.1. The van der Waals surface area contributed by atoms with Crippen molar-refractivity contribution in [1.29, 1.82) is 0 Å². The summed E-state index contributed by atoms with van der Waals surface area (Å²) < 4.78 is 26.1. The number of benzene rings is 1. The van der Waals surface area contributed by atoms with E-state index in [-0.39, 0.29) is 17.6 Å². The molecule has 1 N–H and O–H groups in total. The Morgan fingerprint density at radius 1 is 1.33 bits per heavy atom. The number of carbonyl (C=O) groups excluding carboxylic acids is 1. The molecule has 1 amide bonds. The molecule has 0 aromatic heterocycles. The number of anilines is 1. The summed E-state index contributed by atoms with van der Waals surface area (Å²) >= 11 is 0. The van der Waals surface area contributed by atoms with E-state index in [1.54, 1.807) is 6.92 Å². The van der Waals surface area contributed by atoms with E-state index in [9.17, 15) is 13.6 Å². The van der Waals surface area contributed by atoms with Crippen LogP contribution in [0.15, 0.2) is 18.2 Å². The quantitative estimate of drug-likeness (QED) is 0.898. The topological polar surface area (TPSA) is 32.3 Å². The number of rotatable bonds is 3. The average molecular weight is 254 g/mol. The lowest BCUT2D eigenvalue weighted by Gasteiger charge is -2.22. The van der Waals surface area contributed by atoms with Crippen molar-refractivity contribution in [3.63, 3.8) is 0 Å². The fourth-order valence-electron chi connectivity index (χ4n) is 2.12. The van der Waals surface area contributed by atoms with Crippen molar-refractivity contribution in [3.05, 3.63) is 29.8 Å². The van der Waals surface area contributed by atoms with E-state index in [0.717, 1.165) is 38.1 Å². The van der Waals surface area contributed by atoms with E-state index < -0.39 is 11.6 Å². The van der Waals surface area contributed by atoms with Gasteiger partial charge in [0.05, 0.1) is 11.7 Å². The summed E-state index contributed by atoms with van der Waals surface area (Å²) in [5.74, 6) is -1.67. The minimum absolute atomic E-state index is 0.0208. The van der Waals surface area contributed by atoms with E-state index >= 15 is 0 Å². The molecule has 3 nitrogen and oxygen atoms in total. The number of hydrogen-bond donors (Lipinski definition) is 1. The molecule has 5 heteroatoms. The van der Waals surface area contributed by atoms with Crippen LogP contribution in [0.3, 0.4) is 0 Å². The highest BCUT2D eigenvalue weighted by Crippen LogP contribution is 2.17. The SMILES string of the molecule is C[C@H](C(=O)Nc1ccc(F)cc1F)N1CCCC1. The Morgan fingerprint density at radius 2 is 2.00 bits per heavy atom. The normalized spacial score (nSPS) is 17.7. The number of nitrogens with zero attached hydrogens (tertiary/aromatic N) is 1. The molecule has 0 aliphatic carbocycles. The third-order valence-electron chi connectivity index (χ3n) is 3.26. The zero-order chi connectivity index (χ0) is 13.1. The summed E-state index contributed by atoms with van der Waals surface area (Å²) in [6.45, 7) is 3.57. The van der Waals surface area contributed by atoms with Gasteiger partial charge in [0.15, 0.2) is 0 Å². The molecule has 1 aliphatic rings. The summed E-state index contributed by atoms with van der Waals surface area (Å²) in [5, 5.41) is 2.49. The van der Waals surface area contributed by atoms with Crippen LogP contribution in [0.4, 0.5) is 14.5 Å². The molecule has 1 aromatic carbocycles. The first-order chi connectivity index (χ1) is 8.58. The third kappa shape index (κ3) is 2.85. The molecule has 1 atom stereocenters. The molecule has 0 unspecified atom stereocenters. The van der Waals surface area contributed by atoms with Crippen LogP contribution in [0.1, 0.15) is 19.8 Å². The van der Waals surface area contributed by atoms with E-state index in [0.29, 0.717) is 0 Å². The maximum Gasteiger partial charge on any atom is 0.241 e. The predicted octanol–water partition coefficient (Wildman–Crippen LogP) is 2.39. The number of carbonyl (C=O) groups is 1. The number of amides is 1. The largest absolute Gasteiger partial charge is 0.322 e. The Kier molecular flexibility index (Phi) is 3.91. The standard InChI is InChI=1S/C13H16F2N2O/c1-9(17-6-2-3-7-17)13(18)16-12-5-4-10(14)8-11(12)15/h4-5,8-9H,2-3,6-7H2,1H3,(H,16,18)/t9-/m1/s1. The zero-order valence-electron chi connectivity index (χ0n) is 10.2. The minimum atomic E-state index is -0.753. The first-order valence-corrected chi connectivity index (χ1v) is 6.08. The van der Waals surface area contributed by atoms with Gasteiger partial charge < -0.3 is 5.32 Å². The van der Waals surface area contributed by atoms with E-state index in [2.05, 4.69) is 10.2 Å². The van der Waals surface area contributed by atoms with Gasteiger partial charge in [0.2, 0.25) is 5.91 Å². The fourth-order valence-corrected chi connectivity index (χ4v) is 2.12. The molecule has 18 heavy (non-hydrogen) atoms. The van der Waals surface area contributed by atoms with Gasteiger partial charge in [-0.2, -0.15) is 0 Å². The molecule has 0 bridgehead atoms. The van der Waals surface area contributed by atoms with Crippen molar-refractivity contribution in [3.8, 4) is 0 Å². The van der Waals surface area contributed by atoms with Gasteiger partial charge in [0, 0.05) is 6.07 Å². The summed E-state index contributed by atoms with van der Waals surface area (Å²) in [4.78, 5) is 14.0. The van der Waals surface area contributed by atoms with Crippen molar-refractivity contribution in [2.75, 3.05) is 18.4 Å². The molecule has 1 aliphatic heterocycles. The second-order valence-electron chi connectivity index (χ2n) is 4.53. The molecule has 0 saturated carbocycles. The fraction of sp³-hybridized carbons (Fsp3) is 0.462. The van der Waals surface area contributed by atoms with Gasteiger partial charge in [-0.15, -0.1) is 0 Å². The maximum absolute atomic E-state index is 13.4. The van der Waals surface area contributed by atoms with Crippen molar-refractivity contribution in [2.45, 2.75) is 25.8 Å². The number of likely N-dealkylation sites (tertiary alicyclic amines) is 1. The number of halogens is 2. The van der Waals surface area contributed by atoms with Gasteiger partial charge in [-0.1, -0.05) is 0 Å². The lowest BCUT2D eigenvalue weighted by atomic mass is 10.2. The summed E-state index contributed by atoms with van der Waals surface area (Å²) in [5.41, 5.74) is 0.0208. The van der Waals surface area contributed by atoms with Crippen LogP contribution < -0.4 is 5.32 Å². The highest BCUT2D eigenvalue weighted by Gasteiger charge is 2.24. The second-order valence-corrected chi connectivity index (χ2v) is 4.53. The summed E-state index contributed by atoms with van der Waals surface area (Å²) in [6.07, 6.45) is 2.17. The molecule has 0 radical (unpaired) electrons. The van der Waals surface area contributed by atoms with Crippen molar-refractivity contribution in [2.24, 2.45) is 0 Å². The molecule has 1 fully saturated rings. The molecule has 1 saturated heterocycles. The van der Waals surface area contributed by atoms with E-state index in [1.807, 2.05) is 0 Å². The Bertz CT molecular complexity index is 445. The van der Waals surface area contributed by atoms with Crippen molar-refractivity contribution < 1.29 is 13.6 Å². The van der Waals surface area contributed by atoms with Gasteiger partial charge in [-0.25, -0.2) is 8.78 Å². The van der Waals surface area contributed by atoms with E-state index in [4.69, 9.17) is 0 Å². The molecular weight excluding hydrogens is 238 g/mol. The van der Waals surface area contributed by atoms with Gasteiger partial charge in [0.25, 0.3) is 0 Å². The van der Waals surface area contributed by atoms with Crippen LogP contribution in [-0.4, -0.2) is 29.9 Å². The number of hydrogen-bond acceptors (Lipinski definition) is 2. The monoisotopic (exact) mass is 254 g/mol. The van der Waals surface area contributed by atoms with Crippen LogP contribution >= 0.6 is 0 Å².